The van der Waals surface area contributed by atoms with E-state index in [0.717, 1.165) is 44.9 Å². The Labute approximate surface area is 150 Å². The van der Waals surface area contributed by atoms with Crippen molar-refractivity contribution >= 4 is 11.8 Å². The van der Waals surface area contributed by atoms with Crippen LogP contribution in [0.15, 0.2) is 72.0 Å². The Hall–Kier alpha value is -2.79. The van der Waals surface area contributed by atoms with E-state index in [4.69, 9.17) is 4.98 Å². The molecule has 0 saturated heterocycles. The Morgan fingerprint density at radius 2 is 1.56 bits per heavy atom. The van der Waals surface area contributed by atoms with Crippen molar-refractivity contribution in [2.45, 2.75) is 17.8 Å². The lowest BCUT2D eigenvalue weighted by Gasteiger charge is -2.02. The van der Waals surface area contributed by atoms with Crippen LogP contribution < -0.4 is 0 Å². The van der Waals surface area contributed by atoms with Crippen LogP contribution in [0.3, 0.4) is 0 Å². The first-order valence-electron chi connectivity index (χ1n) is 8.14. The maximum Gasteiger partial charge on any atom is 0.166 e. The quantitative estimate of drug-likeness (QED) is 0.496. The van der Waals surface area contributed by atoms with E-state index >= 15 is 0 Å². The van der Waals surface area contributed by atoms with Crippen LogP contribution in [0.2, 0.25) is 0 Å². The summed E-state index contributed by atoms with van der Waals surface area (Å²) in [5, 5.41) is 0.895. The average molecular weight is 346 g/mol. The Balaban J connectivity index is 1.68. The summed E-state index contributed by atoms with van der Waals surface area (Å²) in [5.41, 5.74) is 5.34. The number of thioether (sulfide) groups is 1. The van der Waals surface area contributed by atoms with Crippen molar-refractivity contribution in [1.29, 1.82) is 0 Å². The molecule has 2 heterocycles. The van der Waals surface area contributed by atoms with Crippen LogP contribution in [0.4, 0.5) is 0 Å². The summed E-state index contributed by atoms with van der Waals surface area (Å²) < 4.78 is 0. The molecule has 2 aromatic carbocycles. The van der Waals surface area contributed by atoms with Crippen molar-refractivity contribution in [2.75, 3.05) is 0 Å². The molecule has 0 atom stereocenters. The molecule has 0 aliphatic carbocycles. The van der Waals surface area contributed by atoms with Crippen molar-refractivity contribution < 1.29 is 0 Å². The molecular formula is C20H18N4S. The topological polar surface area (TPSA) is 57.4 Å². The van der Waals surface area contributed by atoms with E-state index < -0.39 is 0 Å². The molecule has 0 radical (unpaired) electrons. The number of rotatable bonds is 5. The molecule has 0 spiro atoms. The minimum absolute atomic E-state index is 0.754. The first kappa shape index (κ1) is 15.7. The lowest BCUT2D eigenvalue weighted by Crippen LogP contribution is -1.85. The number of aromatic nitrogens is 4. The van der Waals surface area contributed by atoms with Gasteiger partial charge in [0.2, 0.25) is 0 Å². The van der Waals surface area contributed by atoms with Crippen LogP contribution >= 0.6 is 11.8 Å². The number of H-pyrrole nitrogens is 2. The number of imidazole rings is 2. The molecule has 5 heteroatoms. The lowest BCUT2D eigenvalue weighted by molar-refractivity contribution is 1.04. The highest BCUT2D eigenvalue weighted by molar-refractivity contribution is 7.98. The predicted octanol–water partition coefficient (Wildman–Crippen LogP) is 5.07. The summed E-state index contributed by atoms with van der Waals surface area (Å²) in [6.07, 6.45) is 1.85. The fourth-order valence-corrected chi connectivity index (χ4v) is 3.47. The van der Waals surface area contributed by atoms with Gasteiger partial charge in [0, 0.05) is 23.0 Å². The number of aromatic amines is 2. The highest BCUT2D eigenvalue weighted by Gasteiger charge is 2.14. The summed E-state index contributed by atoms with van der Waals surface area (Å²) in [5.74, 6) is 1.71. The molecule has 124 valence electrons. The van der Waals surface area contributed by atoms with E-state index in [-0.39, 0.29) is 0 Å². The molecule has 4 nitrogen and oxygen atoms in total. The third-order valence-electron chi connectivity index (χ3n) is 3.89. The molecular weight excluding hydrogens is 328 g/mol. The van der Waals surface area contributed by atoms with Gasteiger partial charge in [-0.1, -0.05) is 72.4 Å². The molecule has 0 amide bonds. The zero-order valence-corrected chi connectivity index (χ0v) is 14.7. The number of hydrogen-bond donors (Lipinski definition) is 2. The van der Waals surface area contributed by atoms with Crippen molar-refractivity contribution in [1.82, 2.24) is 19.9 Å². The standard InChI is InChI=1S/C20H18N4S/c1-14-12-21-17(22-14)13-25-20-23-18(15-8-4-2-5-9-15)19(24-20)16-10-6-3-7-11-16/h2-12H,13H2,1H3,(H,21,22)(H,23,24). The maximum absolute atomic E-state index is 4.84. The van der Waals surface area contributed by atoms with Crippen molar-refractivity contribution in [3.63, 3.8) is 0 Å². The predicted molar refractivity (Wildman–Crippen MR) is 102 cm³/mol. The van der Waals surface area contributed by atoms with Gasteiger partial charge in [0.05, 0.1) is 17.1 Å². The van der Waals surface area contributed by atoms with Crippen LogP contribution in [-0.4, -0.2) is 19.9 Å². The smallest absolute Gasteiger partial charge is 0.166 e. The molecule has 25 heavy (non-hydrogen) atoms. The van der Waals surface area contributed by atoms with E-state index in [0.29, 0.717) is 0 Å². The fourth-order valence-electron chi connectivity index (χ4n) is 2.72. The second kappa shape index (κ2) is 6.99. The van der Waals surface area contributed by atoms with Crippen molar-refractivity contribution in [3.8, 4) is 22.5 Å². The van der Waals surface area contributed by atoms with Gasteiger partial charge < -0.3 is 9.97 Å². The Morgan fingerprint density at radius 1 is 0.880 bits per heavy atom. The zero-order valence-electron chi connectivity index (χ0n) is 13.9. The van der Waals surface area contributed by atoms with Gasteiger partial charge in [-0.15, -0.1) is 0 Å². The lowest BCUT2D eigenvalue weighted by atomic mass is 10.1. The normalized spacial score (nSPS) is 10.9. The Kier molecular flexibility index (Phi) is 4.39. The molecule has 0 unspecified atom stereocenters. The monoisotopic (exact) mass is 346 g/mol. The first-order valence-corrected chi connectivity index (χ1v) is 9.12. The molecule has 0 fully saturated rings. The van der Waals surface area contributed by atoms with Gasteiger partial charge in [0.25, 0.3) is 0 Å². The van der Waals surface area contributed by atoms with Gasteiger partial charge in [0.1, 0.15) is 5.82 Å². The molecule has 2 aromatic heterocycles. The number of benzene rings is 2. The molecule has 0 aliphatic heterocycles. The van der Waals surface area contributed by atoms with Crippen LogP contribution in [0, 0.1) is 6.92 Å². The van der Waals surface area contributed by atoms with E-state index in [1.807, 2.05) is 49.5 Å². The van der Waals surface area contributed by atoms with E-state index in [1.165, 1.54) is 0 Å². The second-order valence-corrected chi connectivity index (χ2v) is 6.76. The highest BCUT2D eigenvalue weighted by Crippen LogP contribution is 2.33. The molecule has 0 aliphatic rings. The maximum atomic E-state index is 4.84. The Bertz CT molecular complexity index is 901. The SMILES string of the molecule is Cc1cnc(CSc2nc(-c3ccccc3)c(-c3ccccc3)[nH]2)[nH]1. The third-order valence-corrected chi connectivity index (χ3v) is 4.78. The third kappa shape index (κ3) is 3.51. The van der Waals surface area contributed by atoms with Gasteiger partial charge in [-0.3, -0.25) is 0 Å². The van der Waals surface area contributed by atoms with Gasteiger partial charge >= 0.3 is 0 Å². The van der Waals surface area contributed by atoms with Crippen LogP contribution in [0.1, 0.15) is 11.5 Å². The first-order chi connectivity index (χ1) is 12.3. The number of aryl methyl sites for hydroxylation is 1. The number of hydrogen-bond acceptors (Lipinski definition) is 3. The largest absolute Gasteiger partial charge is 0.345 e. The zero-order chi connectivity index (χ0) is 17.1. The molecule has 0 saturated carbocycles. The minimum atomic E-state index is 0.754. The molecule has 0 bridgehead atoms. The van der Waals surface area contributed by atoms with Crippen molar-refractivity contribution in [2.24, 2.45) is 0 Å². The molecule has 2 N–H and O–H groups in total. The van der Waals surface area contributed by atoms with Crippen molar-refractivity contribution in [3.05, 3.63) is 78.4 Å². The Morgan fingerprint density at radius 3 is 2.20 bits per heavy atom. The van der Waals surface area contributed by atoms with Gasteiger partial charge in [-0.25, -0.2) is 9.97 Å². The minimum Gasteiger partial charge on any atom is -0.345 e. The highest BCUT2D eigenvalue weighted by atomic mass is 32.2. The van der Waals surface area contributed by atoms with E-state index in [1.54, 1.807) is 11.8 Å². The second-order valence-electron chi connectivity index (χ2n) is 5.80. The summed E-state index contributed by atoms with van der Waals surface area (Å²) >= 11 is 1.65. The van der Waals surface area contributed by atoms with Crippen LogP contribution in [-0.2, 0) is 5.75 Å². The van der Waals surface area contributed by atoms with Gasteiger partial charge in [-0.05, 0) is 6.92 Å². The van der Waals surface area contributed by atoms with Crippen LogP contribution in [0.5, 0.6) is 0 Å². The summed E-state index contributed by atoms with van der Waals surface area (Å²) in [6, 6.07) is 20.6. The summed E-state index contributed by atoms with van der Waals surface area (Å²) in [6.45, 7) is 2.01. The average Bonchev–Trinajstić information content (AvgIpc) is 3.28. The summed E-state index contributed by atoms with van der Waals surface area (Å²) in [7, 11) is 0. The summed E-state index contributed by atoms with van der Waals surface area (Å²) in [4.78, 5) is 15.9. The van der Waals surface area contributed by atoms with Crippen LogP contribution in [0.25, 0.3) is 22.5 Å². The van der Waals surface area contributed by atoms with E-state index in [2.05, 4.69) is 39.2 Å². The molecule has 4 aromatic rings. The van der Waals surface area contributed by atoms with Gasteiger partial charge in [0.15, 0.2) is 5.16 Å². The molecule has 4 rings (SSSR count). The van der Waals surface area contributed by atoms with Gasteiger partial charge in [-0.2, -0.15) is 0 Å². The van der Waals surface area contributed by atoms with E-state index in [9.17, 15) is 0 Å². The number of nitrogens with zero attached hydrogens (tertiary/aromatic N) is 2. The number of nitrogens with one attached hydrogen (secondary N) is 2. The fraction of sp³-hybridized carbons (Fsp3) is 0.100.